The van der Waals surface area contributed by atoms with E-state index in [2.05, 4.69) is 66.1 Å². The average Bonchev–Trinajstić information content (AvgIpc) is 2.98. The minimum Gasteiger partial charge on any atom is -0.332 e. The molecule has 112 valence electrons. The lowest BCUT2D eigenvalue weighted by molar-refractivity contribution is 0.381. The first-order chi connectivity index (χ1) is 10.2. The topological polar surface area (TPSA) is 29.9 Å². The molecule has 2 aromatic rings. The van der Waals surface area contributed by atoms with Crippen LogP contribution in [0.15, 0.2) is 36.8 Å². The minimum atomic E-state index is 0.469. The highest BCUT2D eigenvalue weighted by Crippen LogP contribution is 2.38. The summed E-state index contributed by atoms with van der Waals surface area (Å²) in [5.41, 5.74) is 4.15. The molecule has 0 aliphatic carbocycles. The quantitative estimate of drug-likeness (QED) is 0.932. The van der Waals surface area contributed by atoms with Crippen molar-refractivity contribution >= 4 is 0 Å². The van der Waals surface area contributed by atoms with E-state index in [1.165, 1.54) is 23.2 Å². The van der Waals surface area contributed by atoms with E-state index < -0.39 is 0 Å². The van der Waals surface area contributed by atoms with E-state index >= 15 is 0 Å². The molecule has 21 heavy (non-hydrogen) atoms. The summed E-state index contributed by atoms with van der Waals surface area (Å²) < 4.78 is 2.33. The molecule has 0 bridgehead atoms. The van der Waals surface area contributed by atoms with Crippen molar-refractivity contribution in [1.82, 2.24) is 14.9 Å². The Bertz CT molecular complexity index is 583. The molecule has 1 N–H and O–H groups in total. The molecular formula is C18H25N3. The number of aryl methyl sites for hydroxylation is 1. The van der Waals surface area contributed by atoms with Crippen molar-refractivity contribution in [3.8, 4) is 0 Å². The molecule has 1 fully saturated rings. The molecule has 1 aromatic carbocycles. The lowest BCUT2D eigenvalue weighted by atomic mass is 9.79. The first kappa shape index (κ1) is 14.3. The van der Waals surface area contributed by atoms with E-state index in [1.807, 2.05) is 6.33 Å². The molecule has 0 spiro atoms. The van der Waals surface area contributed by atoms with Gasteiger partial charge in [-0.25, -0.2) is 4.98 Å². The third kappa shape index (κ3) is 2.88. The van der Waals surface area contributed by atoms with Crippen LogP contribution in [0.3, 0.4) is 0 Å². The number of imidazole rings is 1. The van der Waals surface area contributed by atoms with Crippen molar-refractivity contribution in [3.05, 3.63) is 53.6 Å². The molecule has 0 radical (unpaired) electrons. The molecule has 1 aliphatic rings. The minimum absolute atomic E-state index is 0.469. The zero-order valence-corrected chi connectivity index (χ0v) is 13.2. The van der Waals surface area contributed by atoms with E-state index in [0.717, 1.165) is 13.1 Å². The summed E-state index contributed by atoms with van der Waals surface area (Å²) in [7, 11) is 0. The molecule has 1 aliphatic heterocycles. The fourth-order valence-corrected chi connectivity index (χ4v) is 3.41. The van der Waals surface area contributed by atoms with Gasteiger partial charge in [0, 0.05) is 36.3 Å². The molecule has 3 rings (SSSR count). The van der Waals surface area contributed by atoms with Crippen LogP contribution in [0.2, 0.25) is 0 Å². The smallest absolute Gasteiger partial charge is 0.0950 e. The number of piperidine rings is 1. The van der Waals surface area contributed by atoms with Crippen LogP contribution in [0.4, 0.5) is 0 Å². The normalized spacial score (nSPS) is 22.7. The van der Waals surface area contributed by atoms with Crippen LogP contribution >= 0.6 is 0 Å². The van der Waals surface area contributed by atoms with Gasteiger partial charge >= 0.3 is 0 Å². The zero-order chi connectivity index (χ0) is 14.8. The summed E-state index contributed by atoms with van der Waals surface area (Å²) >= 11 is 0. The van der Waals surface area contributed by atoms with E-state index in [0.29, 0.717) is 17.9 Å². The highest BCUT2D eigenvalue weighted by molar-refractivity contribution is 5.29. The Morgan fingerprint density at radius 1 is 1.19 bits per heavy atom. The molecule has 2 atom stereocenters. The van der Waals surface area contributed by atoms with Crippen LogP contribution in [0.1, 0.15) is 55.0 Å². The number of aromatic nitrogens is 2. The second-order valence-corrected chi connectivity index (χ2v) is 6.44. The molecule has 2 unspecified atom stereocenters. The van der Waals surface area contributed by atoms with Crippen LogP contribution in [0.5, 0.6) is 0 Å². The highest BCUT2D eigenvalue weighted by atomic mass is 15.1. The molecule has 1 aromatic heterocycles. The first-order valence-corrected chi connectivity index (χ1v) is 7.96. The maximum Gasteiger partial charge on any atom is 0.0950 e. The summed E-state index contributed by atoms with van der Waals surface area (Å²) in [6, 6.07) is 9.49. The van der Waals surface area contributed by atoms with Crippen LogP contribution in [0.25, 0.3) is 0 Å². The maximum atomic E-state index is 4.40. The number of hydrogen-bond acceptors (Lipinski definition) is 2. The van der Waals surface area contributed by atoms with Crippen molar-refractivity contribution in [3.63, 3.8) is 0 Å². The third-order valence-electron chi connectivity index (χ3n) is 4.62. The van der Waals surface area contributed by atoms with E-state index in [9.17, 15) is 0 Å². The SMILES string of the molecule is Cc1ccc(C2CNCCC2c2cncn2C(C)C)cc1. The van der Waals surface area contributed by atoms with Gasteiger partial charge in [0.2, 0.25) is 0 Å². The number of nitrogens with zero attached hydrogens (tertiary/aromatic N) is 2. The largest absolute Gasteiger partial charge is 0.332 e. The third-order valence-corrected chi connectivity index (χ3v) is 4.62. The van der Waals surface area contributed by atoms with Crippen LogP contribution < -0.4 is 5.32 Å². The van der Waals surface area contributed by atoms with Gasteiger partial charge in [0.15, 0.2) is 0 Å². The number of rotatable bonds is 3. The summed E-state index contributed by atoms with van der Waals surface area (Å²) in [6.45, 7) is 8.75. The molecule has 0 saturated carbocycles. The van der Waals surface area contributed by atoms with Gasteiger partial charge < -0.3 is 9.88 Å². The Balaban J connectivity index is 1.94. The fourth-order valence-electron chi connectivity index (χ4n) is 3.41. The maximum absolute atomic E-state index is 4.40. The van der Waals surface area contributed by atoms with Crippen molar-refractivity contribution in [1.29, 1.82) is 0 Å². The van der Waals surface area contributed by atoms with Crippen molar-refractivity contribution < 1.29 is 0 Å². The lowest BCUT2D eigenvalue weighted by Gasteiger charge is -2.33. The lowest BCUT2D eigenvalue weighted by Crippen LogP contribution is -2.35. The molecule has 3 nitrogen and oxygen atoms in total. The van der Waals surface area contributed by atoms with Gasteiger partial charge in [-0.1, -0.05) is 29.8 Å². The Labute approximate surface area is 127 Å². The molecular weight excluding hydrogens is 258 g/mol. The highest BCUT2D eigenvalue weighted by Gasteiger charge is 2.30. The van der Waals surface area contributed by atoms with Crippen molar-refractivity contribution in [2.75, 3.05) is 13.1 Å². The Morgan fingerprint density at radius 3 is 2.67 bits per heavy atom. The number of nitrogens with one attached hydrogen (secondary N) is 1. The van der Waals surface area contributed by atoms with Crippen LogP contribution in [0, 0.1) is 6.92 Å². The summed E-state index contributed by atoms with van der Waals surface area (Å²) in [5.74, 6) is 1.09. The van der Waals surface area contributed by atoms with E-state index in [4.69, 9.17) is 0 Å². The zero-order valence-electron chi connectivity index (χ0n) is 13.2. The number of hydrogen-bond donors (Lipinski definition) is 1. The van der Waals surface area contributed by atoms with Gasteiger partial charge in [-0.2, -0.15) is 0 Å². The summed E-state index contributed by atoms with van der Waals surface area (Å²) in [6.07, 6.45) is 5.22. The van der Waals surface area contributed by atoms with Gasteiger partial charge in [-0.3, -0.25) is 0 Å². The Morgan fingerprint density at radius 2 is 1.95 bits per heavy atom. The van der Waals surface area contributed by atoms with E-state index in [1.54, 1.807) is 0 Å². The van der Waals surface area contributed by atoms with Crippen LogP contribution in [-0.4, -0.2) is 22.6 Å². The van der Waals surface area contributed by atoms with Gasteiger partial charge in [-0.15, -0.1) is 0 Å². The van der Waals surface area contributed by atoms with E-state index in [-0.39, 0.29) is 0 Å². The van der Waals surface area contributed by atoms with Crippen molar-refractivity contribution in [2.24, 2.45) is 0 Å². The monoisotopic (exact) mass is 283 g/mol. The summed E-state index contributed by atoms with van der Waals surface area (Å²) in [4.78, 5) is 4.40. The summed E-state index contributed by atoms with van der Waals surface area (Å²) in [5, 5.41) is 3.56. The van der Waals surface area contributed by atoms with Gasteiger partial charge in [0.1, 0.15) is 0 Å². The molecule has 2 heterocycles. The average molecular weight is 283 g/mol. The van der Waals surface area contributed by atoms with Gasteiger partial charge in [-0.05, 0) is 39.3 Å². The molecule has 0 amide bonds. The predicted molar refractivity (Wildman–Crippen MR) is 86.8 cm³/mol. The standard InChI is InChI=1S/C18H25N3/c1-13(2)21-12-20-11-18(21)16-8-9-19-10-17(16)15-6-4-14(3)5-7-15/h4-7,11-13,16-17,19H,8-10H2,1-3H3. The van der Waals surface area contributed by atoms with Gasteiger partial charge in [0.05, 0.1) is 6.33 Å². The predicted octanol–water partition coefficient (Wildman–Crippen LogP) is 3.63. The van der Waals surface area contributed by atoms with Crippen LogP contribution in [-0.2, 0) is 0 Å². The Hall–Kier alpha value is -1.61. The van der Waals surface area contributed by atoms with Crippen molar-refractivity contribution in [2.45, 2.75) is 45.1 Å². The number of benzene rings is 1. The first-order valence-electron chi connectivity index (χ1n) is 7.96. The Kier molecular flexibility index (Phi) is 4.11. The second kappa shape index (κ2) is 6.02. The van der Waals surface area contributed by atoms with Gasteiger partial charge in [0.25, 0.3) is 0 Å². The molecule has 3 heteroatoms. The second-order valence-electron chi connectivity index (χ2n) is 6.44. The molecule has 1 saturated heterocycles. The fraction of sp³-hybridized carbons (Fsp3) is 0.500.